The van der Waals surface area contributed by atoms with Crippen molar-refractivity contribution in [1.29, 1.82) is 0 Å². The molecule has 96 valence electrons. The number of nitrogens with two attached hydrogens (primary N) is 1. The van der Waals surface area contributed by atoms with Gasteiger partial charge in [-0.1, -0.05) is 23.4 Å². The molecule has 0 aliphatic carbocycles. The number of aliphatic hydroxyl groups is 1. The second kappa shape index (κ2) is 5.29. The molecule has 0 spiro atoms. The number of benzene rings is 1. The van der Waals surface area contributed by atoms with Crippen LogP contribution in [0.5, 0.6) is 0 Å². The van der Waals surface area contributed by atoms with Crippen molar-refractivity contribution < 1.29 is 9.63 Å². The number of rotatable bonds is 4. The Morgan fingerprint density at radius 1 is 1.33 bits per heavy atom. The van der Waals surface area contributed by atoms with Gasteiger partial charge in [0.25, 0.3) is 0 Å². The van der Waals surface area contributed by atoms with E-state index in [1.54, 1.807) is 0 Å². The van der Waals surface area contributed by atoms with Crippen LogP contribution in [0.1, 0.15) is 34.4 Å². The van der Waals surface area contributed by atoms with E-state index in [4.69, 9.17) is 15.4 Å². The summed E-state index contributed by atoms with van der Waals surface area (Å²) in [6.07, 6.45) is 0.600. The average Bonchev–Trinajstić information content (AvgIpc) is 2.81. The molecule has 0 aliphatic heterocycles. The van der Waals surface area contributed by atoms with E-state index in [1.165, 1.54) is 11.1 Å². The maximum atomic E-state index is 8.90. The van der Waals surface area contributed by atoms with Gasteiger partial charge in [0, 0.05) is 6.42 Å². The van der Waals surface area contributed by atoms with E-state index >= 15 is 0 Å². The molecule has 1 heterocycles. The number of aryl methyl sites for hydroxylation is 2. The van der Waals surface area contributed by atoms with Gasteiger partial charge in [-0.15, -0.1) is 0 Å². The number of hydrogen-bond donors (Lipinski definition) is 2. The quantitative estimate of drug-likeness (QED) is 0.849. The molecule has 0 saturated heterocycles. The summed E-state index contributed by atoms with van der Waals surface area (Å²) >= 11 is 0. The van der Waals surface area contributed by atoms with Gasteiger partial charge in [0.2, 0.25) is 5.89 Å². The summed E-state index contributed by atoms with van der Waals surface area (Å²) in [6, 6.07) is 5.62. The molecule has 18 heavy (non-hydrogen) atoms. The summed E-state index contributed by atoms with van der Waals surface area (Å²) in [6.45, 7) is 3.94. The van der Waals surface area contributed by atoms with Crippen molar-refractivity contribution in [2.75, 3.05) is 6.61 Å². The predicted octanol–water partition coefficient (Wildman–Crippen LogP) is 1.27. The Morgan fingerprint density at radius 3 is 2.78 bits per heavy atom. The highest BCUT2D eigenvalue weighted by Gasteiger charge is 2.13. The van der Waals surface area contributed by atoms with Crippen LogP contribution in [-0.4, -0.2) is 21.9 Å². The first-order valence-electron chi connectivity index (χ1n) is 5.85. The molecular weight excluding hydrogens is 230 g/mol. The largest absolute Gasteiger partial charge is 0.394 e. The van der Waals surface area contributed by atoms with Crippen molar-refractivity contribution >= 4 is 0 Å². The average molecular weight is 247 g/mol. The van der Waals surface area contributed by atoms with Crippen LogP contribution in [0, 0.1) is 13.8 Å². The van der Waals surface area contributed by atoms with Gasteiger partial charge >= 0.3 is 0 Å². The van der Waals surface area contributed by atoms with Crippen molar-refractivity contribution in [1.82, 2.24) is 10.1 Å². The molecule has 0 bridgehead atoms. The fraction of sp³-hybridized carbons (Fsp3) is 0.385. The van der Waals surface area contributed by atoms with E-state index in [0.29, 0.717) is 12.2 Å². The van der Waals surface area contributed by atoms with Gasteiger partial charge < -0.3 is 15.4 Å². The highest BCUT2D eigenvalue weighted by molar-refractivity contribution is 5.31. The van der Waals surface area contributed by atoms with E-state index in [2.05, 4.69) is 36.1 Å². The Hall–Kier alpha value is -1.72. The van der Waals surface area contributed by atoms with Crippen LogP contribution >= 0.6 is 0 Å². The van der Waals surface area contributed by atoms with E-state index < -0.39 is 6.04 Å². The molecule has 0 fully saturated rings. The second-order valence-electron chi connectivity index (χ2n) is 4.43. The summed E-state index contributed by atoms with van der Waals surface area (Å²) in [5, 5.41) is 12.8. The first-order chi connectivity index (χ1) is 8.60. The number of aromatic nitrogens is 2. The standard InChI is InChI=1S/C13H17N3O2/c1-8-3-4-10(5-9(8)2)6-12-15-13(18-16-12)11(14)7-17/h3-5,11,17H,6-7,14H2,1-2H3. The van der Waals surface area contributed by atoms with Crippen LogP contribution in [0.2, 0.25) is 0 Å². The normalized spacial score (nSPS) is 12.7. The minimum Gasteiger partial charge on any atom is -0.394 e. The zero-order valence-corrected chi connectivity index (χ0v) is 10.6. The Balaban J connectivity index is 2.13. The van der Waals surface area contributed by atoms with Crippen LogP contribution in [0.4, 0.5) is 0 Å². The summed E-state index contributed by atoms with van der Waals surface area (Å²) in [5.74, 6) is 0.855. The summed E-state index contributed by atoms with van der Waals surface area (Å²) in [5.41, 5.74) is 9.22. The molecule has 2 rings (SSSR count). The third-order valence-corrected chi connectivity index (χ3v) is 2.93. The van der Waals surface area contributed by atoms with Crippen molar-refractivity contribution in [2.24, 2.45) is 5.73 Å². The molecule has 1 atom stereocenters. The van der Waals surface area contributed by atoms with Crippen LogP contribution in [0.25, 0.3) is 0 Å². The van der Waals surface area contributed by atoms with Crippen LogP contribution < -0.4 is 5.73 Å². The molecule has 5 nitrogen and oxygen atoms in total. The molecule has 2 aromatic rings. The van der Waals surface area contributed by atoms with Gasteiger partial charge in [-0.3, -0.25) is 0 Å². The predicted molar refractivity (Wildman–Crippen MR) is 67.0 cm³/mol. The monoisotopic (exact) mass is 247 g/mol. The Bertz CT molecular complexity index is 537. The fourth-order valence-corrected chi connectivity index (χ4v) is 1.66. The van der Waals surface area contributed by atoms with Gasteiger partial charge in [-0.05, 0) is 30.5 Å². The summed E-state index contributed by atoms with van der Waals surface area (Å²) in [4.78, 5) is 4.17. The zero-order chi connectivity index (χ0) is 13.1. The van der Waals surface area contributed by atoms with Crippen molar-refractivity contribution in [3.8, 4) is 0 Å². The van der Waals surface area contributed by atoms with Gasteiger partial charge in [0.1, 0.15) is 6.04 Å². The molecule has 0 aliphatic rings. The summed E-state index contributed by atoms with van der Waals surface area (Å²) < 4.78 is 5.00. The van der Waals surface area contributed by atoms with Crippen molar-refractivity contribution in [3.05, 3.63) is 46.6 Å². The molecule has 0 amide bonds. The Morgan fingerprint density at radius 2 is 2.11 bits per heavy atom. The molecule has 3 N–H and O–H groups in total. The fourth-order valence-electron chi connectivity index (χ4n) is 1.66. The molecule has 1 unspecified atom stereocenters. The zero-order valence-electron chi connectivity index (χ0n) is 10.6. The lowest BCUT2D eigenvalue weighted by Gasteiger charge is -2.02. The SMILES string of the molecule is Cc1ccc(Cc2noc(C(N)CO)n2)cc1C. The first kappa shape index (κ1) is 12.7. The van der Waals surface area contributed by atoms with E-state index in [0.717, 1.165) is 5.56 Å². The minimum absolute atomic E-state index is 0.203. The van der Waals surface area contributed by atoms with Crippen LogP contribution in [0.15, 0.2) is 22.7 Å². The van der Waals surface area contributed by atoms with E-state index in [9.17, 15) is 0 Å². The second-order valence-corrected chi connectivity index (χ2v) is 4.43. The molecule has 1 aromatic heterocycles. The van der Waals surface area contributed by atoms with Crippen LogP contribution in [0.3, 0.4) is 0 Å². The topological polar surface area (TPSA) is 85.2 Å². The van der Waals surface area contributed by atoms with Gasteiger partial charge in [0.05, 0.1) is 6.61 Å². The smallest absolute Gasteiger partial charge is 0.245 e. The first-order valence-corrected chi connectivity index (χ1v) is 5.85. The third kappa shape index (κ3) is 2.75. The number of aliphatic hydroxyl groups excluding tert-OH is 1. The number of hydrogen-bond acceptors (Lipinski definition) is 5. The Kier molecular flexibility index (Phi) is 3.74. The lowest BCUT2D eigenvalue weighted by molar-refractivity contribution is 0.236. The maximum Gasteiger partial charge on any atom is 0.245 e. The summed E-state index contributed by atoms with van der Waals surface area (Å²) in [7, 11) is 0. The highest BCUT2D eigenvalue weighted by atomic mass is 16.5. The van der Waals surface area contributed by atoms with Crippen molar-refractivity contribution in [2.45, 2.75) is 26.3 Å². The highest BCUT2D eigenvalue weighted by Crippen LogP contribution is 2.14. The molecule has 5 heteroatoms. The molecule has 1 aromatic carbocycles. The minimum atomic E-state index is -0.606. The lowest BCUT2D eigenvalue weighted by Crippen LogP contribution is -2.14. The van der Waals surface area contributed by atoms with E-state index in [-0.39, 0.29) is 12.5 Å². The molecular formula is C13H17N3O2. The molecule has 0 saturated carbocycles. The van der Waals surface area contributed by atoms with Crippen LogP contribution in [-0.2, 0) is 6.42 Å². The third-order valence-electron chi connectivity index (χ3n) is 2.93. The molecule has 0 radical (unpaired) electrons. The maximum absolute atomic E-state index is 8.90. The van der Waals surface area contributed by atoms with Gasteiger partial charge in [-0.25, -0.2) is 0 Å². The number of nitrogens with zero attached hydrogens (tertiary/aromatic N) is 2. The van der Waals surface area contributed by atoms with Gasteiger partial charge in [-0.2, -0.15) is 4.98 Å². The van der Waals surface area contributed by atoms with Crippen molar-refractivity contribution in [3.63, 3.8) is 0 Å². The Labute approximate surface area is 106 Å². The van der Waals surface area contributed by atoms with E-state index in [1.807, 2.05) is 6.07 Å². The lowest BCUT2D eigenvalue weighted by atomic mass is 10.0. The van der Waals surface area contributed by atoms with Gasteiger partial charge in [0.15, 0.2) is 5.82 Å².